The number of carbonyl (C=O) groups is 3. The molecule has 1 fully saturated rings. The van der Waals surface area contributed by atoms with Gasteiger partial charge in [-0.2, -0.15) is 0 Å². The maximum atomic E-state index is 11.2. The van der Waals surface area contributed by atoms with Gasteiger partial charge in [0.15, 0.2) is 12.4 Å². The Labute approximate surface area is 117 Å². The predicted octanol–water partition coefficient (Wildman–Crippen LogP) is -0.480. The smallest absolute Gasteiger partial charge is 0.303 e. The third-order valence-corrected chi connectivity index (χ3v) is 2.41. The standard InChI is InChI=1S/C12H18O8/c1-6(13)17-5-10-12(19-8(3)15)9(18-7(2)14)4-11(16)20-10/h9-12,16H,4-5H2,1-3H3/t9-,10-,11-,12+/m1/s1/i4D/t4-,9-,10-,11-,12+. The summed E-state index contributed by atoms with van der Waals surface area (Å²) < 4.78 is 27.6. The molecule has 1 rings (SSSR count). The minimum absolute atomic E-state index is 0.311. The van der Waals surface area contributed by atoms with Gasteiger partial charge in [0.25, 0.3) is 0 Å². The zero-order chi connectivity index (χ0) is 16.2. The maximum Gasteiger partial charge on any atom is 0.303 e. The Morgan fingerprint density at radius 3 is 2.30 bits per heavy atom. The summed E-state index contributed by atoms with van der Waals surface area (Å²) in [6, 6.07) is 0. The van der Waals surface area contributed by atoms with Gasteiger partial charge >= 0.3 is 17.9 Å². The fourth-order valence-electron chi connectivity index (χ4n) is 1.75. The molecule has 1 N–H and O–H groups in total. The molecular formula is C12H18O8. The fourth-order valence-corrected chi connectivity index (χ4v) is 1.75. The average molecular weight is 291 g/mol. The van der Waals surface area contributed by atoms with Crippen LogP contribution >= 0.6 is 0 Å². The Kier molecular flexibility index (Phi) is 5.31. The molecule has 0 saturated carbocycles. The Balaban J connectivity index is 2.94. The van der Waals surface area contributed by atoms with Crippen molar-refractivity contribution in [2.75, 3.05) is 6.61 Å². The van der Waals surface area contributed by atoms with Gasteiger partial charge in [0, 0.05) is 28.5 Å². The molecule has 114 valence electrons. The third kappa shape index (κ3) is 5.14. The Morgan fingerprint density at radius 1 is 1.20 bits per heavy atom. The molecule has 0 aromatic rings. The quantitative estimate of drug-likeness (QED) is 0.546. The zero-order valence-electron chi connectivity index (χ0n) is 12.4. The molecule has 0 unspecified atom stereocenters. The number of hydrogen-bond donors (Lipinski definition) is 1. The number of ether oxygens (including phenoxy) is 4. The Morgan fingerprint density at radius 2 is 1.80 bits per heavy atom. The van der Waals surface area contributed by atoms with Crippen LogP contribution in [0, 0.1) is 0 Å². The molecule has 1 heterocycles. The molecule has 1 saturated heterocycles. The van der Waals surface area contributed by atoms with Crippen molar-refractivity contribution in [3.05, 3.63) is 0 Å². The van der Waals surface area contributed by atoms with E-state index in [1.54, 1.807) is 0 Å². The van der Waals surface area contributed by atoms with E-state index in [1.165, 1.54) is 6.92 Å². The third-order valence-electron chi connectivity index (χ3n) is 2.41. The monoisotopic (exact) mass is 291 g/mol. The molecule has 0 amide bonds. The second-order valence-electron chi connectivity index (χ2n) is 4.21. The average Bonchev–Trinajstić information content (AvgIpc) is 2.35. The Bertz CT molecular complexity index is 412. The summed E-state index contributed by atoms with van der Waals surface area (Å²) in [5, 5.41) is 9.67. The summed E-state index contributed by atoms with van der Waals surface area (Å²) in [7, 11) is 0. The normalized spacial score (nSPS) is 33.8. The minimum Gasteiger partial charge on any atom is -0.463 e. The van der Waals surface area contributed by atoms with Crippen LogP contribution in [0.4, 0.5) is 0 Å². The first-order valence-corrected chi connectivity index (χ1v) is 5.96. The van der Waals surface area contributed by atoms with Crippen LogP contribution in [0.5, 0.6) is 0 Å². The number of aliphatic hydroxyl groups excluding tert-OH is 1. The van der Waals surface area contributed by atoms with Crippen molar-refractivity contribution in [3.63, 3.8) is 0 Å². The van der Waals surface area contributed by atoms with E-state index in [0.29, 0.717) is 0 Å². The molecule has 20 heavy (non-hydrogen) atoms. The van der Waals surface area contributed by atoms with Crippen LogP contribution in [0.25, 0.3) is 0 Å². The molecule has 0 radical (unpaired) electrons. The van der Waals surface area contributed by atoms with Crippen LogP contribution in [-0.4, -0.2) is 54.2 Å². The van der Waals surface area contributed by atoms with Crippen LogP contribution in [0.15, 0.2) is 0 Å². The minimum atomic E-state index is -1.57. The van der Waals surface area contributed by atoms with E-state index in [0.717, 1.165) is 13.8 Å². The van der Waals surface area contributed by atoms with E-state index in [2.05, 4.69) is 0 Å². The molecule has 1 aliphatic rings. The number of aliphatic hydroxyl groups is 1. The van der Waals surface area contributed by atoms with Crippen molar-refractivity contribution in [2.45, 2.75) is 51.8 Å². The number of carbonyl (C=O) groups excluding carboxylic acids is 3. The van der Waals surface area contributed by atoms with Crippen molar-refractivity contribution in [1.82, 2.24) is 0 Å². The van der Waals surface area contributed by atoms with Crippen LogP contribution in [-0.2, 0) is 33.3 Å². The van der Waals surface area contributed by atoms with Crippen LogP contribution < -0.4 is 0 Å². The lowest BCUT2D eigenvalue weighted by molar-refractivity contribution is -0.252. The fraction of sp³-hybridized carbons (Fsp3) is 0.750. The first kappa shape index (κ1) is 14.7. The molecular weight excluding hydrogens is 272 g/mol. The van der Waals surface area contributed by atoms with Gasteiger partial charge in [0.1, 0.15) is 18.8 Å². The van der Waals surface area contributed by atoms with Crippen molar-refractivity contribution < 1.29 is 39.8 Å². The molecule has 5 atom stereocenters. The van der Waals surface area contributed by atoms with Gasteiger partial charge < -0.3 is 24.1 Å². The lowest BCUT2D eigenvalue weighted by Gasteiger charge is -2.38. The lowest BCUT2D eigenvalue weighted by atomic mass is 10.0. The highest BCUT2D eigenvalue weighted by atomic mass is 16.7. The van der Waals surface area contributed by atoms with Gasteiger partial charge in [-0.1, -0.05) is 0 Å². The second kappa shape index (κ2) is 7.20. The maximum absolute atomic E-state index is 11.2. The van der Waals surface area contributed by atoms with Crippen molar-refractivity contribution in [3.8, 4) is 0 Å². The van der Waals surface area contributed by atoms with Crippen molar-refractivity contribution in [2.24, 2.45) is 0 Å². The molecule has 0 bridgehead atoms. The van der Waals surface area contributed by atoms with Gasteiger partial charge in [0.2, 0.25) is 0 Å². The van der Waals surface area contributed by atoms with E-state index in [-0.39, 0.29) is 6.61 Å². The summed E-state index contributed by atoms with van der Waals surface area (Å²) in [5.41, 5.74) is 0. The van der Waals surface area contributed by atoms with E-state index < -0.39 is 48.9 Å². The molecule has 1 aliphatic heterocycles. The first-order chi connectivity index (χ1) is 9.72. The zero-order valence-corrected chi connectivity index (χ0v) is 11.4. The molecule has 0 aliphatic carbocycles. The molecule has 0 aromatic heterocycles. The van der Waals surface area contributed by atoms with Crippen LogP contribution in [0.2, 0.25) is 0 Å². The highest BCUT2D eigenvalue weighted by molar-refractivity contribution is 5.67. The summed E-state index contributed by atoms with van der Waals surface area (Å²) >= 11 is 0. The molecule has 8 heteroatoms. The van der Waals surface area contributed by atoms with E-state index in [1.807, 2.05) is 0 Å². The van der Waals surface area contributed by atoms with Crippen molar-refractivity contribution >= 4 is 17.9 Å². The number of hydrogen-bond acceptors (Lipinski definition) is 8. The SMILES string of the molecule is [2H][C@@H]1[C@@H](OC(C)=O)[C@H](OC(C)=O)[C@@H](COC(C)=O)O[C@H]1O. The highest BCUT2D eigenvalue weighted by Crippen LogP contribution is 2.25. The van der Waals surface area contributed by atoms with Gasteiger partial charge in [-0.25, -0.2) is 0 Å². The molecule has 0 spiro atoms. The van der Waals surface area contributed by atoms with Crippen LogP contribution in [0.1, 0.15) is 28.5 Å². The largest absolute Gasteiger partial charge is 0.463 e. The number of rotatable bonds is 4. The second-order valence-corrected chi connectivity index (χ2v) is 4.21. The number of esters is 3. The summed E-state index contributed by atoms with van der Waals surface area (Å²) in [6.07, 6.45) is -6.35. The van der Waals surface area contributed by atoms with Gasteiger partial charge in [-0.15, -0.1) is 0 Å². The summed E-state index contributed by atoms with van der Waals surface area (Å²) in [6.45, 7) is 3.13. The molecule has 0 aromatic carbocycles. The summed E-state index contributed by atoms with van der Waals surface area (Å²) in [5.74, 6) is -1.97. The first-order valence-electron chi connectivity index (χ1n) is 6.53. The topological polar surface area (TPSA) is 108 Å². The van der Waals surface area contributed by atoms with E-state index in [4.69, 9.17) is 20.3 Å². The van der Waals surface area contributed by atoms with E-state index >= 15 is 0 Å². The summed E-state index contributed by atoms with van der Waals surface area (Å²) in [4.78, 5) is 33.1. The van der Waals surface area contributed by atoms with Gasteiger partial charge in [-0.3, -0.25) is 14.4 Å². The molecule has 8 nitrogen and oxygen atoms in total. The van der Waals surface area contributed by atoms with E-state index in [9.17, 15) is 19.5 Å². The Hall–Kier alpha value is -1.67. The highest BCUT2D eigenvalue weighted by Gasteiger charge is 2.43. The predicted molar refractivity (Wildman–Crippen MR) is 63.2 cm³/mol. The van der Waals surface area contributed by atoms with Gasteiger partial charge in [-0.05, 0) is 0 Å². The lowest BCUT2D eigenvalue weighted by Crippen LogP contribution is -2.53. The van der Waals surface area contributed by atoms with Crippen molar-refractivity contribution in [1.29, 1.82) is 0 Å². The van der Waals surface area contributed by atoms with Gasteiger partial charge in [0.05, 0.1) is 0 Å². The van der Waals surface area contributed by atoms with Crippen LogP contribution in [0.3, 0.4) is 0 Å².